The molecule has 0 bridgehead atoms. The van der Waals surface area contributed by atoms with Crippen LogP contribution in [0.2, 0.25) is 0 Å². The van der Waals surface area contributed by atoms with Gasteiger partial charge in [-0.3, -0.25) is 4.90 Å². The molecule has 2 aliphatic heterocycles. The molecule has 4 atom stereocenters. The van der Waals surface area contributed by atoms with Gasteiger partial charge in [-0.25, -0.2) is 0 Å². The molecule has 2 N–H and O–H groups in total. The predicted molar refractivity (Wildman–Crippen MR) is 68.4 cm³/mol. The molecular weight excluding hydrogens is 198 g/mol. The lowest BCUT2D eigenvalue weighted by atomic mass is 9.91. The maximum Gasteiger partial charge on any atom is 0.0170 e. The van der Waals surface area contributed by atoms with Crippen molar-refractivity contribution in [3.63, 3.8) is 0 Å². The van der Waals surface area contributed by atoms with E-state index in [1.165, 1.54) is 32.4 Å². The van der Waals surface area contributed by atoms with E-state index in [-0.39, 0.29) is 0 Å². The van der Waals surface area contributed by atoms with E-state index in [2.05, 4.69) is 30.7 Å². The Labute approximate surface area is 100.0 Å². The first-order chi connectivity index (χ1) is 7.56. The van der Waals surface area contributed by atoms with Crippen LogP contribution < -0.4 is 5.73 Å². The van der Waals surface area contributed by atoms with Crippen LogP contribution in [0.1, 0.15) is 33.1 Å². The largest absolute Gasteiger partial charge is 0.327 e. The van der Waals surface area contributed by atoms with Gasteiger partial charge in [-0.15, -0.1) is 0 Å². The summed E-state index contributed by atoms with van der Waals surface area (Å²) >= 11 is 0. The zero-order chi connectivity index (χ0) is 11.7. The average molecular weight is 225 g/mol. The molecule has 0 aromatic rings. The molecule has 0 aromatic heterocycles. The first-order valence-corrected chi connectivity index (χ1v) is 6.76. The molecule has 94 valence electrons. The third kappa shape index (κ3) is 2.76. The quantitative estimate of drug-likeness (QED) is 0.726. The summed E-state index contributed by atoms with van der Waals surface area (Å²) in [6.07, 6.45) is 3.84. The van der Waals surface area contributed by atoms with Gasteiger partial charge < -0.3 is 10.6 Å². The highest BCUT2D eigenvalue weighted by molar-refractivity contribution is 4.88. The summed E-state index contributed by atoms with van der Waals surface area (Å²) in [7, 11) is 2.24. The number of likely N-dealkylation sites (tertiary alicyclic amines) is 2. The number of rotatable bonds is 1. The summed E-state index contributed by atoms with van der Waals surface area (Å²) in [5.74, 6) is 0.777. The minimum absolute atomic E-state index is 0.402. The highest BCUT2D eigenvalue weighted by Gasteiger charge is 2.31. The minimum atomic E-state index is 0.402. The molecule has 0 aliphatic carbocycles. The molecule has 2 aliphatic rings. The average Bonchev–Trinajstić information content (AvgIpc) is 2.20. The fraction of sp³-hybridized carbons (Fsp3) is 1.00. The van der Waals surface area contributed by atoms with Crippen LogP contribution in [0.4, 0.5) is 0 Å². The molecule has 2 rings (SSSR count). The Morgan fingerprint density at radius 3 is 2.50 bits per heavy atom. The van der Waals surface area contributed by atoms with Gasteiger partial charge in [0, 0.05) is 31.2 Å². The Kier molecular flexibility index (Phi) is 3.88. The van der Waals surface area contributed by atoms with E-state index in [0.29, 0.717) is 6.04 Å². The second-order valence-electron chi connectivity index (χ2n) is 6.06. The molecule has 4 unspecified atom stereocenters. The Morgan fingerprint density at radius 1 is 1.12 bits per heavy atom. The Balaban J connectivity index is 1.92. The van der Waals surface area contributed by atoms with Crippen LogP contribution in [-0.2, 0) is 0 Å². The zero-order valence-corrected chi connectivity index (χ0v) is 11.0. The Hall–Kier alpha value is -0.120. The summed E-state index contributed by atoms with van der Waals surface area (Å²) in [4.78, 5) is 5.13. The normalized spacial score (nSPS) is 43.5. The number of piperidine rings is 2. The maximum atomic E-state index is 6.13. The van der Waals surface area contributed by atoms with Crippen molar-refractivity contribution in [2.75, 3.05) is 26.7 Å². The highest BCUT2D eigenvalue weighted by atomic mass is 15.2. The van der Waals surface area contributed by atoms with Crippen LogP contribution in [0, 0.1) is 5.92 Å². The van der Waals surface area contributed by atoms with Crippen molar-refractivity contribution < 1.29 is 0 Å². The molecule has 0 saturated carbocycles. The van der Waals surface area contributed by atoms with E-state index in [4.69, 9.17) is 5.73 Å². The molecule has 16 heavy (non-hydrogen) atoms. The second-order valence-corrected chi connectivity index (χ2v) is 6.06. The molecule has 0 amide bonds. The highest BCUT2D eigenvalue weighted by Crippen LogP contribution is 2.25. The molecule has 2 saturated heterocycles. The molecule has 2 fully saturated rings. The predicted octanol–water partition coefficient (Wildman–Crippen LogP) is 1.14. The van der Waals surface area contributed by atoms with E-state index in [1.54, 1.807) is 0 Å². The molecule has 2 heterocycles. The van der Waals surface area contributed by atoms with E-state index in [0.717, 1.165) is 24.5 Å². The smallest absolute Gasteiger partial charge is 0.0170 e. The summed E-state index contributed by atoms with van der Waals surface area (Å²) in [5.41, 5.74) is 6.13. The molecule has 0 aromatic carbocycles. The van der Waals surface area contributed by atoms with Crippen molar-refractivity contribution in [3.8, 4) is 0 Å². The van der Waals surface area contributed by atoms with Gasteiger partial charge >= 0.3 is 0 Å². The van der Waals surface area contributed by atoms with Gasteiger partial charge in [0.15, 0.2) is 0 Å². The van der Waals surface area contributed by atoms with Crippen molar-refractivity contribution >= 4 is 0 Å². The third-order valence-electron chi connectivity index (χ3n) is 4.42. The van der Waals surface area contributed by atoms with Crippen molar-refractivity contribution in [1.29, 1.82) is 0 Å². The monoisotopic (exact) mass is 225 g/mol. The summed E-state index contributed by atoms with van der Waals surface area (Å²) in [6, 6.07) is 1.91. The van der Waals surface area contributed by atoms with Gasteiger partial charge in [0.2, 0.25) is 0 Å². The number of hydrogen-bond donors (Lipinski definition) is 1. The van der Waals surface area contributed by atoms with Crippen LogP contribution in [0.3, 0.4) is 0 Å². The fourth-order valence-electron chi connectivity index (χ4n) is 3.34. The van der Waals surface area contributed by atoms with Gasteiger partial charge in [-0.2, -0.15) is 0 Å². The van der Waals surface area contributed by atoms with E-state index in [9.17, 15) is 0 Å². The fourth-order valence-corrected chi connectivity index (χ4v) is 3.34. The van der Waals surface area contributed by atoms with Gasteiger partial charge in [0.25, 0.3) is 0 Å². The van der Waals surface area contributed by atoms with Crippen LogP contribution in [-0.4, -0.2) is 54.6 Å². The SMILES string of the molecule is CC1CC(N)CN(C2CCN(C)C(C)C2)C1. The maximum absolute atomic E-state index is 6.13. The zero-order valence-electron chi connectivity index (χ0n) is 11.0. The second kappa shape index (κ2) is 5.03. The van der Waals surface area contributed by atoms with Crippen LogP contribution in [0.5, 0.6) is 0 Å². The van der Waals surface area contributed by atoms with Gasteiger partial charge in [-0.1, -0.05) is 6.92 Å². The lowest BCUT2D eigenvalue weighted by molar-refractivity contribution is 0.0534. The number of hydrogen-bond acceptors (Lipinski definition) is 3. The molecule has 3 heteroatoms. The van der Waals surface area contributed by atoms with E-state index >= 15 is 0 Å². The van der Waals surface area contributed by atoms with Crippen molar-refractivity contribution in [1.82, 2.24) is 9.80 Å². The van der Waals surface area contributed by atoms with Crippen molar-refractivity contribution in [2.45, 2.75) is 51.2 Å². The molecular formula is C13H27N3. The van der Waals surface area contributed by atoms with E-state index in [1.807, 2.05) is 0 Å². The lowest BCUT2D eigenvalue weighted by Gasteiger charge is -2.45. The Morgan fingerprint density at radius 2 is 1.88 bits per heavy atom. The van der Waals surface area contributed by atoms with Crippen molar-refractivity contribution in [3.05, 3.63) is 0 Å². The molecule has 0 radical (unpaired) electrons. The van der Waals surface area contributed by atoms with Gasteiger partial charge in [0.1, 0.15) is 0 Å². The standard InChI is InChI=1S/C13H27N3/c1-10-6-12(14)9-16(8-10)13-4-5-15(3)11(2)7-13/h10-13H,4-9,14H2,1-3H3. The van der Waals surface area contributed by atoms with E-state index < -0.39 is 0 Å². The Bertz CT molecular complexity index is 221. The van der Waals surface area contributed by atoms with Crippen LogP contribution >= 0.6 is 0 Å². The van der Waals surface area contributed by atoms with Gasteiger partial charge in [0.05, 0.1) is 0 Å². The van der Waals surface area contributed by atoms with Gasteiger partial charge in [-0.05, 0) is 45.7 Å². The molecule has 0 spiro atoms. The topological polar surface area (TPSA) is 32.5 Å². The first-order valence-electron chi connectivity index (χ1n) is 6.76. The summed E-state index contributed by atoms with van der Waals surface area (Å²) in [5, 5.41) is 0. The third-order valence-corrected chi connectivity index (χ3v) is 4.42. The first kappa shape index (κ1) is 12.3. The number of nitrogens with two attached hydrogens (primary N) is 1. The van der Waals surface area contributed by atoms with Crippen LogP contribution in [0.15, 0.2) is 0 Å². The van der Waals surface area contributed by atoms with Crippen LogP contribution in [0.25, 0.3) is 0 Å². The van der Waals surface area contributed by atoms with Crippen molar-refractivity contribution in [2.24, 2.45) is 11.7 Å². The minimum Gasteiger partial charge on any atom is -0.327 e. The number of nitrogens with zero attached hydrogens (tertiary/aromatic N) is 2. The summed E-state index contributed by atoms with van der Waals surface area (Å²) in [6.45, 7) is 8.30. The lowest BCUT2D eigenvalue weighted by Crippen LogP contribution is -2.54. The molecule has 3 nitrogen and oxygen atoms in total. The summed E-state index contributed by atoms with van der Waals surface area (Å²) < 4.78 is 0.